The molecule has 2 atom stereocenters. The van der Waals surface area contributed by atoms with Crippen LogP contribution in [0.2, 0.25) is 0 Å². The fourth-order valence-electron chi connectivity index (χ4n) is 5.15. The highest BCUT2D eigenvalue weighted by molar-refractivity contribution is 7.09. The Hall–Kier alpha value is -2.17. The van der Waals surface area contributed by atoms with E-state index in [4.69, 9.17) is 0 Å². The van der Waals surface area contributed by atoms with E-state index < -0.39 is 6.36 Å². The third-order valence-electron chi connectivity index (χ3n) is 6.96. The first-order chi connectivity index (χ1) is 16.8. The zero-order valence-corrected chi connectivity index (χ0v) is 20.8. The number of halogens is 3. The van der Waals surface area contributed by atoms with Crippen molar-refractivity contribution in [2.75, 3.05) is 37.6 Å². The number of aromatic nitrogens is 1. The number of ether oxygens (including phenoxy) is 1. The van der Waals surface area contributed by atoms with Crippen LogP contribution >= 0.6 is 11.3 Å². The second-order valence-corrected chi connectivity index (χ2v) is 10.5. The maximum Gasteiger partial charge on any atom is 0.573 e. The van der Waals surface area contributed by atoms with E-state index >= 15 is 0 Å². The van der Waals surface area contributed by atoms with Gasteiger partial charge in [0.15, 0.2) is 0 Å². The van der Waals surface area contributed by atoms with Gasteiger partial charge in [-0.3, -0.25) is 4.79 Å². The molecule has 0 saturated carbocycles. The number of thiazole rings is 1. The molecule has 192 valence electrons. The number of aryl methyl sites for hydroxylation is 1. The number of piperidine rings is 2. The minimum absolute atomic E-state index is 0.0524. The van der Waals surface area contributed by atoms with Crippen LogP contribution < -0.4 is 20.3 Å². The van der Waals surface area contributed by atoms with E-state index in [2.05, 4.69) is 25.7 Å². The molecular formula is C25H33F3N4O2S. The predicted molar refractivity (Wildman–Crippen MR) is 131 cm³/mol. The molecule has 2 unspecified atom stereocenters. The number of amides is 1. The van der Waals surface area contributed by atoms with Crippen molar-refractivity contribution in [1.29, 1.82) is 0 Å². The summed E-state index contributed by atoms with van der Waals surface area (Å²) < 4.78 is 41.8. The Kier molecular flexibility index (Phi) is 8.67. The first-order valence-corrected chi connectivity index (χ1v) is 13.2. The van der Waals surface area contributed by atoms with Gasteiger partial charge in [-0.15, -0.1) is 24.5 Å². The van der Waals surface area contributed by atoms with Crippen molar-refractivity contribution in [2.45, 2.75) is 45.4 Å². The number of benzene rings is 1. The van der Waals surface area contributed by atoms with E-state index in [0.717, 1.165) is 69.0 Å². The number of carbonyl (C=O) groups excluding carboxylic acids is 1. The number of rotatable bonds is 8. The number of hydrogen-bond donors (Lipinski definition) is 2. The van der Waals surface area contributed by atoms with Crippen molar-refractivity contribution in [1.82, 2.24) is 15.6 Å². The van der Waals surface area contributed by atoms with Crippen molar-refractivity contribution >= 4 is 22.9 Å². The molecule has 2 fully saturated rings. The predicted octanol–water partition coefficient (Wildman–Crippen LogP) is 4.54. The number of nitrogens with one attached hydrogen (secondary N) is 2. The van der Waals surface area contributed by atoms with Gasteiger partial charge in [0.05, 0.1) is 10.7 Å². The van der Waals surface area contributed by atoms with Crippen LogP contribution in [0.15, 0.2) is 29.6 Å². The summed E-state index contributed by atoms with van der Waals surface area (Å²) in [4.78, 5) is 19.9. The van der Waals surface area contributed by atoms with Gasteiger partial charge in [0.25, 0.3) is 0 Å². The highest BCUT2D eigenvalue weighted by Crippen LogP contribution is 2.31. The van der Waals surface area contributed by atoms with Crippen LogP contribution in [0.3, 0.4) is 0 Å². The lowest BCUT2D eigenvalue weighted by atomic mass is 9.81. The quantitative estimate of drug-likeness (QED) is 0.546. The molecule has 2 aliphatic heterocycles. The summed E-state index contributed by atoms with van der Waals surface area (Å²) in [6.45, 7) is 6.02. The smallest absolute Gasteiger partial charge is 0.406 e. The van der Waals surface area contributed by atoms with E-state index in [1.54, 1.807) is 28.4 Å². The Morgan fingerprint density at radius 2 is 1.83 bits per heavy atom. The molecule has 4 rings (SSSR count). The lowest BCUT2D eigenvalue weighted by Gasteiger charge is -2.35. The lowest BCUT2D eigenvalue weighted by Crippen LogP contribution is -2.43. The normalized spacial score (nSPS) is 21.6. The number of alkyl halides is 3. The van der Waals surface area contributed by atoms with Gasteiger partial charge in [-0.05, 0) is 101 Å². The van der Waals surface area contributed by atoms with Gasteiger partial charge < -0.3 is 20.3 Å². The van der Waals surface area contributed by atoms with Crippen LogP contribution in [0.5, 0.6) is 5.75 Å². The second-order valence-electron chi connectivity index (χ2n) is 9.42. The van der Waals surface area contributed by atoms with Crippen LogP contribution in [0.25, 0.3) is 0 Å². The third-order valence-corrected chi connectivity index (χ3v) is 7.79. The van der Waals surface area contributed by atoms with E-state index in [-0.39, 0.29) is 17.6 Å². The zero-order chi connectivity index (χ0) is 24.8. The molecule has 3 heterocycles. The Morgan fingerprint density at radius 3 is 2.49 bits per heavy atom. The minimum atomic E-state index is -4.74. The van der Waals surface area contributed by atoms with Crippen LogP contribution in [-0.2, 0) is 11.2 Å². The fraction of sp³-hybridized carbons (Fsp3) is 0.600. The maximum atomic E-state index is 13.5. The van der Waals surface area contributed by atoms with Crippen LogP contribution in [0.4, 0.5) is 18.9 Å². The Balaban J connectivity index is 1.47. The molecule has 1 aromatic heterocycles. The summed E-state index contributed by atoms with van der Waals surface area (Å²) in [6.07, 6.45) is -0.429. The first kappa shape index (κ1) is 25.9. The molecule has 0 bridgehead atoms. The summed E-state index contributed by atoms with van der Waals surface area (Å²) in [5.74, 6) is 0.561. The van der Waals surface area contributed by atoms with Crippen LogP contribution in [-0.4, -0.2) is 50.0 Å². The average Bonchev–Trinajstić information content (AvgIpc) is 3.25. The molecule has 10 heteroatoms. The number of nitrogens with zero attached hydrogens (tertiary/aromatic N) is 2. The van der Waals surface area contributed by atoms with Gasteiger partial charge in [-0.25, -0.2) is 4.98 Å². The minimum Gasteiger partial charge on any atom is -0.406 e. The highest BCUT2D eigenvalue weighted by Gasteiger charge is 2.32. The molecule has 6 nitrogen and oxygen atoms in total. The molecule has 1 amide bonds. The van der Waals surface area contributed by atoms with Gasteiger partial charge in [0.2, 0.25) is 5.91 Å². The van der Waals surface area contributed by atoms with E-state index in [0.29, 0.717) is 24.1 Å². The molecule has 1 aromatic carbocycles. The highest BCUT2D eigenvalue weighted by atomic mass is 32.1. The van der Waals surface area contributed by atoms with Crippen molar-refractivity contribution in [3.05, 3.63) is 40.3 Å². The Labute approximate surface area is 208 Å². The van der Waals surface area contributed by atoms with Crippen molar-refractivity contribution in [3.8, 4) is 5.75 Å². The van der Waals surface area contributed by atoms with Gasteiger partial charge in [0, 0.05) is 23.5 Å². The second kappa shape index (κ2) is 11.7. The molecule has 0 spiro atoms. The van der Waals surface area contributed by atoms with Gasteiger partial charge in [-0.2, -0.15) is 0 Å². The molecule has 2 saturated heterocycles. The molecule has 2 aromatic rings. The molecule has 35 heavy (non-hydrogen) atoms. The standard InChI is InChI=1S/C25H33F3N4O2S/c1-17-31-21(16-35-17)14-20-15-30-12-6-18(20)9-13-32(24(33)19-7-10-29-11-8-19)22-2-4-23(5-3-22)34-25(26,27)28/h2-5,16,18-20,29-30H,6-15H2,1H3. The Bertz CT molecular complexity index is 960. The average molecular weight is 511 g/mol. The lowest BCUT2D eigenvalue weighted by molar-refractivity contribution is -0.274. The van der Waals surface area contributed by atoms with Gasteiger partial charge in [-0.1, -0.05) is 0 Å². The molecular weight excluding hydrogens is 477 g/mol. The molecule has 2 aliphatic rings. The summed E-state index contributed by atoms with van der Waals surface area (Å²) in [5, 5.41) is 9.97. The van der Waals surface area contributed by atoms with E-state index in [9.17, 15) is 18.0 Å². The largest absolute Gasteiger partial charge is 0.573 e. The number of anilines is 1. The first-order valence-electron chi connectivity index (χ1n) is 12.3. The monoisotopic (exact) mass is 510 g/mol. The zero-order valence-electron chi connectivity index (χ0n) is 19.9. The van der Waals surface area contributed by atoms with Crippen LogP contribution in [0.1, 0.15) is 36.4 Å². The molecule has 0 radical (unpaired) electrons. The van der Waals surface area contributed by atoms with Crippen molar-refractivity contribution in [2.24, 2.45) is 17.8 Å². The molecule has 2 N–H and O–H groups in total. The van der Waals surface area contributed by atoms with Crippen molar-refractivity contribution in [3.63, 3.8) is 0 Å². The van der Waals surface area contributed by atoms with Crippen LogP contribution in [0, 0.1) is 24.7 Å². The third kappa shape index (κ3) is 7.41. The maximum absolute atomic E-state index is 13.5. The summed E-state index contributed by atoms with van der Waals surface area (Å²) in [5.41, 5.74) is 1.73. The topological polar surface area (TPSA) is 66.5 Å². The number of hydrogen-bond acceptors (Lipinski definition) is 6. The Morgan fingerprint density at radius 1 is 1.11 bits per heavy atom. The van der Waals surface area contributed by atoms with E-state index in [1.807, 2.05) is 6.92 Å². The SMILES string of the molecule is Cc1nc(CC2CNCCC2CCN(C(=O)C2CCNCC2)c2ccc(OC(F)(F)F)cc2)cs1. The van der Waals surface area contributed by atoms with Gasteiger partial charge in [0.1, 0.15) is 5.75 Å². The number of carbonyl (C=O) groups is 1. The summed E-state index contributed by atoms with van der Waals surface area (Å²) >= 11 is 1.66. The molecule has 0 aliphatic carbocycles. The van der Waals surface area contributed by atoms with Gasteiger partial charge >= 0.3 is 6.36 Å². The fourth-order valence-corrected chi connectivity index (χ4v) is 5.77. The summed E-state index contributed by atoms with van der Waals surface area (Å²) in [7, 11) is 0. The summed E-state index contributed by atoms with van der Waals surface area (Å²) in [6, 6.07) is 5.67. The van der Waals surface area contributed by atoms with Crippen molar-refractivity contribution < 1.29 is 22.7 Å². The van der Waals surface area contributed by atoms with E-state index in [1.165, 1.54) is 12.1 Å².